The summed E-state index contributed by atoms with van der Waals surface area (Å²) in [5.41, 5.74) is 1.84. The third kappa shape index (κ3) is 4.54. The van der Waals surface area contributed by atoms with Crippen molar-refractivity contribution in [1.82, 2.24) is 9.88 Å². The molecule has 0 radical (unpaired) electrons. The minimum absolute atomic E-state index is 0.00803. The maximum Gasteiger partial charge on any atom is 0.248 e. The second-order valence-electron chi connectivity index (χ2n) is 6.59. The van der Waals surface area contributed by atoms with Crippen molar-refractivity contribution in [2.45, 2.75) is 13.5 Å². The Bertz CT molecular complexity index is 1020. The molecule has 8 heteroatoms. The largest absolute Gasteiger partial charge is 0.494 e. The Morgan fingerprint density at radius 1 is 1.24 bits per heavy atom. The highest BCUT2D eigenvalue weighted by Crippen LogP contribution is 2.32. The van der Waals surface area contributed by atoms with Crippen LogP contribution < -0.4 is 9.64 Å². The molecule has 0 N–H and O–H groups in total. The number of hydrogen-bond donors (Lipinski definition) is 0. The summed E-state index contributed by atoms with van der Waals surface area (Å²) in [5.74, 6) is 1.66. The van der Waals surface area contributed by atoms with Crippen molar-refractivity contribution in [2.75, 3.05) is 29.7 Å². The van der Waals surface area contributed by atoms with Crippen LogP contribution in [0.5, 0.6) is 5.75 Å². The van der Waals surface area contributed by atoms with Crippen LogP contribution in [0.15, 0.2) is 48.5 Å². The highest BCUT2D eigenvalue weighted by Gasteiger charge is 2.27. The van der Waals surface area contributed by atoms with Gasteiger partial charge in [-0.05, 0) is 30.7 Å². The molecule has 4 rings (SSSR count). The Morgan fingerprint density at radius 3 is 2.79 bits per heavy atom. The fraction of sp³-hybridized carbons (Fsp3) is 0.286. The third-order valence-corrected chi connectivity index (χ3v) is 6.51. The van der Waals surface area contributed by atoms with Crippen LogP contribution in [0.4, 0.5) is 5.13 Å². The number of ether oxygens (including phenoxy) is 1. The Balaban J connectivity index is 1.64. The smallest absolute Gasteiger partial charge is 0.248 e. The minimum atomic E-state index is -0.131. The lowest BCUT2D eigenvalue weighted by Gasteiger charge is -2.23. The molecule has 0 spiro atoms. The monoisotopic (exact) mass is 427 g/mol. The molecule has 0 bridgehead atoms. The van der Waals surface area contributed by atoms with Crippen molar-refractivity contribution < 1.29 is 14.3 Å². The first-order chi connectivity index (χ1) is 14.1. The topological polar surface area (TPSA) is 62.7 Å². The molecule has 2 aromatic carbocycles. The van der Waals surface area contributed by atoms with E-state index in [0.717, 1.165) is 21.5 Å². The summed E-state index contributed by atoms with van der Waals surface area (Å²) >= 11 is 2.99. The van der Waals surface area contributed by atoms with Crippen LogP contribution in [-0.4, -0.2) is 46.5 Å². The van der Waals surface area contributed by atoms with Gasteiger partial charge in [0.1, 0.15) is 12.3 Å². The van der Waals surface area contributed by atoms with Crippen LogP contribution >= 0.6 is 23.1 Å². The summed E-state index contributed by atoms with van der Waals surface area (Å²) < 4.78 is 6.54. The molecule has 0 saturated carbocycles. The van der Waals surface area contributed by atoms with Crippen molar-refractivity contribution in [3.63, 3.8) is 0 Å². The number of rotatable bonds is 7. The van der Waals surface area contributed by atoms with E-state index >= 15 is 0 Å². The number of fused-ring (bicyclic) bond motifs is 1. The van der Waals surface area contributed by atoms with Gasteiger partial charge in [0, 0.05) is 0 Å². The van der Waals surface area contributed by atoms with Crippen molar-refractivity contribution in [3.8, 4) is 5.75 Å². The van der Waals surface area contributed by atoms with Gasteiger partial charge in [-0.2, -0.15) is 0 Å². The van der Waals surface area contributed by atoms with Gasteiger partial charge in [-0.25, -0.2) is 4.98 Å². The van der Waals surface area contributed by atoms with E-state index in [1.54, 1.807) is 9.80 Å². The summed E-state index contributed by atoms with van der Waals surface area (Å²) in [6, 6.07) is 15.6. The van der Waals surface area contributed by atoms with Gasteiger partial charge >= 0.3 is 0 Å². The van der Waals surface area contributed by atoms with Crippen molar-refractivity contribution in [2.24, 2.45) is 0 Å². The number of thioether (sulfide) groups is 1. The van der Waals surface area contributed by atoms with Gasteiger partial charge in [0.2, 0.25) is 11.8 Å². The SMILES string of the molecule is CCOc1ccc2nc(N(Cc3ccccc3)C(=O)CN3CSCC3=O)sc2c1. The lowest BCUT2D eigenvalue weighted by molar-refractivity contribution is -0.131. The van der Waals surface area contributed by atoms with Crippen LogP contribution in [-0.2, 0) is 16.1 Å². The molecule has 6 nitrogen and oxygen atoms in total. The highest BCUT2D eigenvalue weighted by atomic mass is 32.2. The average molecular weight is 428 g/mol. The minimum Gasteiger partial charge on any atom is -0.494 e. The van der Waals surface area contributed by atoms with Crippen LogP contribution in [0, 0.1) is 0 Å². The second kappa shape index (κ2) is 8.84. The quantitative estimate of drug-likeness (QED) is 0.575. The first-order valence-corrected chi connectivity index (χ1v) is 11.3. The Morgan fingerprint density at radius 2 is 2.07 bits per heavy atom. The summed E-state index contributed by atoms with van der Waals surface area (Å²) in [6.07, 6.45) is 0. The first kappa shape index (κ1) is 19.7. The van der Waals surface area contributed by atoms with Gasteiger partial charge < -0.3 is 9.64 Å². The predicted molar refractivity (Wildman–Crippen MR) is 117 cm³/mol. The number of carbonyl (C=O) groups excluding carboxylic acids is 2. The highest BCUT2D eigenvalue weighted by molar-refractivity contribution is 8.00. The molecule has 1 saturated heterocycles. The average Bonchev–Trinajstić information content (AvgIpc) is 3.32. The Kier molecular flexibility index (Phi) is 6.01. The van der Waals surface area contributed by atoms with Gasteiger partial charge in [0.25, 0.3) is 0 Å². The van der Waals surface area contributed by atoms with E-state index in [1.165, 1.54) is 23.1 Å². The third-order valence-electron chi connectivity index (χ3n) is 4.53. The summed E-state index contributed by atoms with van der Waals surface area (Å²) in [4.78, 5) is 33.1. The molecule has 0 atom stereocenters. The van der Waals surface area contributed by atoms with Crippen molar-refractivity contribution >= 4 is 50.3 Å². The molecule has 150 valence electrons. The number of aromatic nitrogens is 1. The molecule has 1 aliphatic heterocycles. The van der Waals surface area contributed by atoms with Crippen molar-refractivity contribution in [3.05, 3.63) is 54.1 Å². The van der Waals surface area contributed by atoms with E-state index in [2.05, 4.69) is 4.98 Å². The van der Waals surface area contributed by atoms with E-state index in [9.17, 15) is 9.59 Å². The molecule has 3 aromatic rings. The Labute approximate surface area is 177 Å². The maximum absolute atomic E-state index is 13.2. The fourth-order valence-corrected chi connectivity index (χ4v) is 5.00. The van der Waals surface area contributed by atoms with Gasteiger partial charge in [0.15, 0.2) is 5.13 Å². The molecule has 2 heterocycles. The van der Waals surface area contributed by atoms with Crippen molar-refractivity contribution in [1.29, 1.82) is 0 Å². The normalized spacial score (nSPS) is 13.8. The zero-order chi connectivity index (χ0) is 20.2. The zero-order valence-corrected chi connectivity index (χ0v) is 17.7. The molecular formula is C21H21N3O3S2. The van der Waals surface area contributed by atoms with E-state index in [-0.39, 0.29) is 18.4 Å². The van der Waals surface area contributed by atoms with E-state index < -0.39 is 0 Å². The zero-order valence-electron chi connectivity index (χ0n) is 16.0. The molecule has 2 amide bonds. The van der Waals surface area contributed by atoms with E-state index in [4.69, 9.17) is 4.74 Å². The number of anilines is 1. The summed E-state index contributed by atoms with van der Waals surface area (Å²) in [6.45, 7) is 3.02. The Hall–Kier alpha value is -2.58. The van der Waals surface area contributed by atoms with Gasteiger partial charge in [-0.3, -0.25) is 14.5 Å². The first-order valence-electron chi connectivity index (χ1n) is 9.37. The molecule has 29 heavy (non-hydrogen) atoms. The van der Waals surface area contributed by atoms with Crippen LogP contribution in [0.2, 0.25) is 0 Å². The van der Waals surface area contributed by atoms with E-state index in [0.29, 0.717) is 29.9 Å². The van der Waals surface area contributed by atoms with Gasteiger partial charge in [-0.1, -0.05) is 41.7 Å². The molecule has 0 aliphatic carbocycles. The molecule has 0 unspecified atom stereocenters. The molecule has 1 aliphatic rings. The van der Waals surface area contributed by atoms with Crippen LogP contribution in [0.3, 0.4) is 0 Å². The van der Waals surface area contributed by atoms with E-state index in [1.807, 2.05) is 55.5 Å². The van der Waals surface area contributed by atoms with Gasteiger partial charge in [-0.15, -0.1) is 11.8 Å². The number of benzene rings is 2. The number of amides is 2. The van der Waals surface area contributed by atoms with Crippen LogP contribution in [0.25, 0.3) is 10.2 Å². The summed E-state index contributed by atoms with van der Waals surface area (Å²) in [7, 11) is 0. The maximum atomic E-state index is 13.2. The number of nitrogens with zero attached hydrogens (tertiary/aromatic N) is 3. The molecular weight excluding hydrogens is 406 g/mol. The fourth-order valence-electron chi connectivity index (χ4n) is 3.08. The predicted octanol–water partition coefficient (Wildman–Crippen LogP) is 3.76. The number of thiazole rings is 1. The number of carbonyl (C=O) groups is 2. The summed E-state index contributed by atoms with van der Waals surface area (Å²) in [5, 5.41) is 0.627. The lowest BCUT2D eigenvalue weighted by atomic mass is 10.2. The standard InChI is InChI=1S/C21H21N3O3S2/c1-2-27-16-8-9-17-18(10-16)29-21(22-17)24(11-15-6-4-3-5-7-15)19(25)12-23-14-28-13-20(23)26/h3-10H,2,11-14H2,1H3. The van der Waals surface area contributed by atoms with Crippen LogP contribution in [0.1, 0.15) is 12.5 Å². The lowest BCUT2D eigenvalue weighted by Crippen LogP contribution is -2.40. The number of hydrogen-bond acceptors (Lipinski definition) is 6. The molecule has 1 aromatic heterocycles. The second-order valence-corrected chi connectivity index (χ2v) is 8.56. The van der Waals surface area contributed by atoms with Gasteiger partial charge in [0.05, 0.1) is 35.0 Å². The molecule has 1 fully saturated rings.